The smallest absolute Gasteiger partial charge is 0.319 e. The van der Waals surface area contributed by atoms with E-state index in [9.17, 15) is 9.59 Å². The Bertz CT molecular complexity index is 774. The van der Waals surface area contributed by atoms with Gasteiger partial charge in [0.05, 0.1) is 13.2 Å². The molecule has 0 aliphatic heterocycles. The molecule has 0 heterocycles. The van der Waals surface area contributed by atoms with Crippen LogP contribution < -0.4 is 20.7 Å². The van der Waals surface area contributed by atoms with Gasteiger partial charge in [-0.15, -0.1) is 0 Å². The van der Waals surface area contributed by atoms with Gasteiger partial charge in [0, 0.05) is 18.7 Å². The fourth-order valence-electron chi connectivity index (χ4n) is 3.11. The third-order valence-corrected chi connectivity index (χ3v) is 4.45. The van der Waals surface area contributed by atoms with Crippen molar-refractivity contribution in [3.05, 3.63) is 59.7 Å². The van der Waals surface area contributed by atoms with Crippen molar-refractivity contribution in [2.45, 2.75) is 25.3 Å². The number of aryl methyl sites for hydroxylation is 1. The molecule has 0 saturated carbocycles. The molecule has 0 aromatic heterocycles. The summed E-state index contributed by atoms with van der Waals surface area (Å²) in [6.45, 7) is 0.280. The van der Waals surface area contributed by atoms with Gasteiger partial charge >= 0.3 is 6.03 Å². The topological polar surface area (TPSA) is 79.5 Å². The highest BCUT2D eigenvalue weighted by atomic mass is 16.5. The van der Waals surface area contributed by atoms with E-state index in [1.807, 2.05) is 12.1 Å². The number of methoxy groups -OCH3 is 1. The van der Waals surface area contributed by atoms with Crippen LogP contribution in [0.3, 0.4) is 0 Å². The molecule has 1 aliphatic carbocycles. The molecule has 6 nitrogen and oxygen atoms in total. The van der Waals surface area contributed by atoms with E-state index in [0.717, 1.165) is 18.6 Å². The van der Waals surface area contributed by atoms with E-state index in [2.05, 4.69) is 28.1 Å². The van der Waals surface area contributed by atoms with Gasteiger partial charge in [-0.3, -0.25) is 4.79 Å². The first-order valence-corrected chi connectivity index (χ1v) is 8.72. The van der Waals surface area contributed by atoms with E-state index in [1.165, 1.54) is 11.1 Å². The Morgan fingerprint density at radius 3 is 2.65 bits per heavy atom. The maximum atomic E-state index is 12.1. The SMILES string of the molecule is COc1ccc(NC(=O)NCCC(=O)NC2CCc3ccccc32)cc1. The molecule has 3 rings (SSSR count). The largest absolute Gasteiger partial charge is 0.497 e. The molecule has 0 bridgehead atoms. The molecule has 0 radical (unpaired) electrons. The predicted octanol–water partition coefficient (Wildman–Crippen LogP) is 3.01. The molecular formula is C20H23N3O3. The molecule has 0 fully saturated rings. The van der Waals surface area contributed by atoms with Crippen LogP contribution in [-0.4, -0.2) is 25.6 Å². The van der Waals surface area contributed by atoms with E-state index in [1.54, 1.807) is 31.4 Å². The summed E-state index contributed by atoms with van der Waals surface area (Å²) in [4.78, 5) is 24.0. The van der Waals surface area contributed by atoms with E-state index >= 15 is 0 Å². The predicted molar refractivity (Wildman–Crippen MR) is 100 cm³/mol. The number of amides is 3. The number of hydrogen-bond donors (Lipinski definition) is 3. The van der Waals surface area contributed by atoms with Crippen LogP contribution in [0.15, 0.2) is 48.5 Å². The Morgan fingerprint density at radius 1 is 1.12 bits per heavy atom. The fraction of sp³-hybridized carbons (Fsp3) is 0.300. The minimum absolute atomic E-state index is 0.0588. The summed E-state index contributed by atoms with van der Waals surface area (Å²) in [5.41, 5.74) is 3.16. The highest BCUT2D eigenvalue weighted by molar-refractivity contribution is 5.89. The van der Waals surface area contributed by atoms with Crippen molar-refractivity contribution in [2.75, 3.05) is 19.0 Å². The van der Waals surface area contributed by atoms with Gasteiger partial charge in [-0.05, 0) is 48.2 Å². The van der Waals surface area contributed by atoms with Crippen molar-refractivity contribution < 1.29 is 14.3 Å². The third-order valence-electron chi connectivity index (χ3n) is 4.45. The summed E-state index contributed by atoms with van der Waals surface area (Å²) in [6.07, 6.45) is 2.16. The van der Waals surface area contributed by atoms with Crippen LogP contribution >= 0.6 is 0 Å². The van der Waals surface area contributed by atoms with Crippen molar-refractivity contribution in [3.8, 4) is 5.75 Å². The molecule has 0 saturated heterocycles. The molecular weight excluding hydrogens is 330 g/mol. The third kappa shape index (κ3) is 4.53. The molecule has 26 heavy (non-hydrogen) atoms. The number of ether oxygens (including phenoxy) is 1. The molecule has 1 unspecified atom stereocenters. The average molecular weight is 353 g/mol. The van der Waals surface area contributed by atoms with Crippen LogP contribution in [0.1, 0.15) is 30.0 Å². The first-order chi connectivity index (χ1) is 12.7. The Balaban J connectivity index is 1.39. The highest BCUT2D eigenvalue weighted by Gasteiger charge is 2.23. The molecule has 3 N–H and O–H groups in total. The van der Waals surface area contributed by atoms with Gasteiger partial charge in [-0.1, -0.05) is 24.3 Å². The lowest BCUT2D eigenvalue weighted by atomic mass is 10.1. The number of fused-ring (bicyclic) bond motifs is 1. The summed E-state index contributed by atoms with van der Waals surface area (Å²) in [6, 6.07) is 15.0. The lowest BCUT2D eigenvalue weighted by Gasteiger charge is -2.14. The first kappa shape index (κ1) is 17.8. The number of carbonyl (C=O) groups excluding carboxylic acids is 2. The zero-order valence-corrected chi connectivity index (χ0v) is 14.7. The minimum atomic E-state index is -0.339. The molecule has 0 spiro atoms. The standard InChI is InChI=1S/C20H23N3O3/c1-26-16-9-7-15(8-10-16)22-20(25)21-13-12-19(24)23-18-11-6-14-4-2-3-5-17(14)18/h2-5,7-10,18H,6,11-13H2,1H3,(H,23,24)(H2,21,22,25). The Morgan fingerprint density at radius 2 is 1.88 bits per heavy atom. The van der Waals surface area contributed by atoms with Gasteiger partial charge in [0.2, 0.25) is 5.91 Å². The summed E-state index contributed by atoms with van der Waals surface area (Å²) < 4.78 is 5.07. The monoisotopic (exact) mass is 353 g/mol. The molecule has 1 aliphatic rings. The van der Waals surface area contributed by atoms with Gasteiger partial charge in [0.25, 0.3) is 0 Å². The van der Waals surface area contributed by atoms with Gasteiger partial charge in [0.15, 0.2) is 0 Å². The quantitative estimate of drug-likeness (QED) is 0.747. The van der Waals surface area contributed by atoms with E-state index in [-0.39, 0.29) is 30.9 Å². The lowest BCUT2D eigenvalue weighted by molar-refractivity contribution is -0.121. The van der Waals surface area contributed by atoms with Gasteiger partial charge in [0.1, 0.15) is 5.75 Å². The number of carbonyl (C=O) groups is 2. The van der Waals surface area contributed by atoms with Gasteiger partial charge in [-0.25, -0.2) is 4.79 Å². The molecule has 136 valence electrons. The van der Waals surface area contributed by atoms with E-state index in [4.69, 9.17) is 4.74 Å². The van der Waals surface area contributed by atoms with Crippen LogP contribution in [-0.2, 0) is 11.2 Å². The van der Waals surface area contributed by atoms with Crippen molar-refractivity contribution >= 4 is 17.6 Å². The van der Waals surface area contributed by atoms with Crippen molar-refractivity contribution in [2.24, 2.45) is 0 Å². The summed E-state index contributed by atoms with van der Waals surface area (Å²) in [7, 11) is 1.59. The Hall–Kier alpha value is -3.02. The number of anilines is 1. The second-order valence-corrected chi connectivity index (χ2v) is 6.22. The molecule has 1 atom stereocenters. The summed E-state index contributed by atoms with van der Waals surface area (Å²) >= 11 is 0. The number of hydrogen-bond acceptors (Lipinski definition) is 3. The summed E-state index contributed by atoms with van der Waals surface area (Å²) in [5.74, 6) is 0.664. The first-order valence-electron chi connectivity index (χ1n) is 8.72. The zero-order chi connectivity index (χ0) is 18.4. The number of benzene rings is 2. The van der Waals surface area contributed by atoms with Gasteiger partial charge < -0.3 is 20.7 Å². The number of nitrogens with one attached hydrogen (secondary N) is 3. The number of urea groups is 1. The van der Waals surface area contributed by atoms with Crippen molar-refractivity contribution in [1.29, 1.82) is 0 Å². The average Bonchev–Trinajstić information content (AvgIpc) is 3.05. The van der Waals surface area contributed by atoms with E-state index in [0.29, 0.717) is 5.69 Å². The minimum Gasteiger partial charge on any atom is -0.497 e. The molecule has 2 aromatic carbocycles. The summed E-state index contributed by atoms with van der Waals surface area (Å²) in [5, 5.41) is 8.45. The number of rotatable bonds is 6. The Kier molecular flexibility index (Phi) is 5.73. The van der Waals surface area contributed by atoms with Crippen molar-refractivity contribution in [3.63, 3.8) is 0 Å². The second-order valence-electron chi connectivity index (χ2n) is 6.22. The second kappa shape index (κ2) is 8.38. The van der Waals surface area contributed by atoms with Crippen LogP contribution in [0.2, 0.25) is 0 Å². The molecule has 6 heteroatoms. The lowest BCUT2D eigenvalue weighted by Crippen LogP contribution is -2.34. The molecule has 3 amide bonds. The van der Waals surface area contributed by atoms with Crippen LogP contribution in [0.5, 0.6) is 5.75 Å². The zero-order valence-electron chi connectivity index (χ0n) is 14.7. The van der Waals surface area contributed by atoms with Gasteiger partial charge in [-0.2, -0.15) is 0 Å². The highest BCUT2D eigenvalue weighted by Crippen LogP contribution is 2.30. The fourth-order valence-corrected chi connectivity index (χ4v) is 3.11. The van der Waals surface area contributed by atoms with Crippen LogP contribution in [0.25, 0.3) is 0 Å². The van der Waals surface area contributed by atoms with Crippen LogP contribution in [0, 0.1) is 0 Å². The Labute approximate surface area is 152 Å². The van der Waals surface area contributed by atoms with E-state index < -0.39 is 0 Å². The molecule has 2 aromatic rings. The maximum absolute atomic E-state index is 12.1. The van der Waals surface area contributed by atoms with Crippen molar-refractivity contribution in [1.82, 2.24) is 10.6 Å². The van der Waals surface area contributed by atoms with Crippen LogP contribution in [0.4, 0.5) is 10.5 Å². The normalized spacial score (nSPS) is 15.0. The maximum Gasteiger partial charge on any atom is 0.319 e.